The Labute approximate surface area is 132 Å². The van der Waals surface area contributed by atoms with Crippen molar-refractivity contribution in [2.24, 2.45) is 0 Å². The van der Waals surface area contributed by atoms with E-state index in [-0.39, 0.29) is 5.78 Å². The number of carbonyl (C=O) groups is 1. The molecule has 0 saturated carbocycles. The maximum absolute atomic E-state index is 12.7. The van der Waals surface area contributed by atoms with Crippen LogP contribution in [0.2, 0.25) is 0 Å². The van der Waals surface area contributed by atoms with Crippen LogP contribution in [0.4, 0.5) is 5.69 Å². The van der Waals surface area contributed by atoms with Crippen molar-refractivity contribution in [1.82, 2.24) is 0 Å². The number of hydrogen-bond acceptors (Lipinski definition) is 4. The first kappa shape index (κ1) is 15.4. The van der Waals surface area contributed by atoms with E-state index in [4.69, 9.17) is 15.2 Å². The Morgan fingerprint density at radius 3 is 2.24 bits per heavy atom. The summed E-state index contributed by atoms with van der Waals surface area (Å²) in [5.74, 6) is 0.938. The molecule has 4 nitrogen and oxygen atoms in total. The maximum atomic E-state index is 12.7. The normalized spacial score (nSPS) is 10.3. The first-order valence-corrected chi connectivity index (χ1v) is 7.09. The highest BCUT2D eigenvalue weighted by Crippen LogP contribution is 2.34. The number of hydrogen-bond donors (Lipinski definition) is 1. The molecule has 0 aromatic heterocycles. The second-order valence-electron chi connectivity index (χ2n) is 4.65. The maximum Gasteiger partial charge on any atom is 0.194 e. The highest BCUT2D eigenvalue weighted by Gasteiger charge is 2.17. The number of ketones is 1. The molecule has 0 aliphatic heterocycles. The quantitative estimate of drug-likeness (QED) is 0.676. The van der Waals surface area contributed by atoms with Gasteiger partial charge in [0, 0.05) is 21.3 Å². The number of methoxy groups -OCH3 is 2. The summed E-state index contributed by atoms with van der Waals surface area (Å²) in [4.78, 5) is 12.7. The van der Waals surface area contributed by atoms with Crippen LogP contribution in [-0.4, -0.2) is 20.0 Å². The van der Waals surface area contributed by atoms with Crippen molar-refractivity contribution in [3.63, 3.8) is 0 Å². The second kappa shape index (κ2) is 6.18. The summed E-state index contributed by atoms with van der Waals surface area (Å²) >= 11 is 3.40. The standard InChI is InChI=1S/C16H16BrNO3/c1-9-4-10(6-11(18)5-9)16(19)12-7-14(20-2)15(21-3)8-13(12)17/h4-8H,18H2,1-3H3. The summed E-state index contributed by atoms with van der Waals surface area (Å²) in [7, 11) is 3.08. The van der Waals surface area contributed by atoms with E-state index in [9.17, 15) is 4.79 Å². The van der Waals surface area contributed by atoms with E-state index >= 15 is 0 Å². The van der Waals surface area contributed by atoms with Gasteiger partial charge in [0.2, 0.25) is 0 Å². The lowest BCUT2D eigenvalue weighted by atomic mass is 10.0. The summed E-state index contributed by atoms with van der Waals surface area (Å²) in [6.07, 6.45) is 0. The number of ether oxygens (including phenoxy) is 2. The molecule has 110 valence electrons. The lowest BCUT2D eigenvalue weighted by Gasteiger charge is -2.12. The summed E-state index contributed by atoms with van der Waals surface area (Å²) in [5, 5.41) is 0. The highest BCUT2D eigenvalue weighted by atomic mass is 79.9. The molecule has 0 heterocycles. The minimum atomic E-state index is -0.127. The predicted octanol–water partition coefficient (Wildman–Crippen LogP) is 3.59. The van der Waals surface area contributed by atoms with Crippen LogP contribution in [0.15, 0.2) is 34.8 Å². The minimum absolute atomic E-state index is 0.127. The lowest BCUT2D eigenvalue weighted by Crippen LogP contribution is -2.05. The summed E-state index contributed by atoms with van der Waals surface area (Å²) in [6, 6.07) is 8.66. The zero-order chi connectivity index (χ0) is 15.6. The number of nitrogen functional groups attached to an aromatic ring is 1. The van der Waals surface area contributed by atoms with Crippen molar-refractivity contribution >= 4 is 27.4 Å². The third-order valence-electron chi connectivity index (χ3n) is 3.08. The van der Waals surface area contributed by atoms with Gasteiger partial charge < -0.3 is 15.2 Å². The number of benzene rings is 2. The Balaban J connectivity index is 2.52. The molecule has 21 heavy (non-hydrogen) atoms. The summed E-state index contributed by atoms with van der Waals surface area (Å²) in [5.41, 5.74) is 8.35. The second-order valence-corrected chi connectivity index (χ2v) is 5.50. The summed E-state index contributed by atoms with van der Waals surface area (Å²) in [6.45, 7) is 1.90. The minimum Gasteiger partial charge on any atom is -0.493 e. The van der Waals surface area contributed by atoms with Crippen LogP contribution < -0.4 is 15.2 Å². The van der Waals surface area contributed by atoms with Gasteiger partial charge in [0.05, 0.1) is 14.2 Å². The van der Waals surface area contributed by atoms with Crippen molar-refractivity contribution in [1.29, 1.82) is 0 Å². The van der Waals surface area contributed by atoms with Crippen LogP contribution in [-0.2, 0) is 0 Å². The molecule has 0 saturated heterocycles. The molecule has 0 fully saturated rings. The molecule has 0 aliphatic rings. The monoisotopic (exact) mass is 349 g/mol. The Kier molecular flexibility index (Phi) is 4.53. The molecule has 0 radical (unpaired) electrons. The van der Waals surface area contributed by atoms with Crippen LogP contribution in [0.1, 0.15) is 21.5 Å². The molecule has 2 aromatic rings. The van der Waals surface area contributed by atoms with Crippen LogP contribution in [0.3, 0.4) is 0 Å². The molecule has 2 rings (SSSR count). The van der Waals surface area contributed by atoms with Crippen LogP contribution in [0.5, 0.6) is 11.5 Å². The molecule has 2 N–H and O–H groups in total. The zero-order valence-electron chi connectivity index (χ0n) is 12.1. The van der Waals surface area contributed by atoms with Gasteiger partial charge in [-0.2, -0.15) is 0 Å². The number of carbonyl (C=O) groups excluding carboxylic acids is 1. The topological polar surface area (TPSA) is 61.5 Å². The molecular formula is C16H16BrNO3. The van der Waals surface area contributed by atoms with Crippen molar-refractivity contribution in [2.75, 3.05) is 20.0 Å². The van der Waals surface area contributed by atoms with Crippen LogP contribution >= 0.6 is 15.9 Å². The molecule has 0 aliphatic carbocycles. The molecule has 0 amide bonds. The van der Waals surface area contributed by atoms with Crippen LogP contribution in [0, 0.1) is 6.92 Å². The van der Waals surface area contributed by atoms with E-state index < -0.39 is 0 Å². The Bertz CT molecular complexity index is 678. The Morgan fingerprint density at radius 1 is 1.05 bits per heavy atom. The molecule has 0 spiro atoms. The smallest absolute Gasteiger partial charge is 0.194 e. The predicted molar refractivity (Wildman–Crippen MR) is 86.3 cm³/mol. The van der Waals surface area contributed by atoms with Gasteiger partial charge in [-0.25, -0.2) is 0 Å². The zero-order valence-corrected chi connectivity index (χ0v) is 13.7. The fourth-order valence-corrected chi connectivity index (χ4v) is 2.63. The Hall–Kier alpha value is -2.01. The average molecular weight is 350 g/mol. The van der Waals surface area contributed by atoms with E-state index in [1.165, 1.54) is 7.11 Å². The first-order valence-electron chi connectivity index (χ1n) is 6.29. The molecular weight excluding hydrogens is 334 g/mol. The van der Waals surface area contributed by atoms with Gasteiger partial charge in [-0.05, 0) is 58.7 Å². The number of nitrogens with two attached hydrogens (primary N) is 1. The van der Waals surface area contributed by atoms with Gasteiger partial charge in [0.1, 0.15) is 0 Å². The first-order chi connectivity index (χ1) is 9.96. The largest absolute Gasteiger partial charge is 0.493 e. The van der Waals surface area contributed by atoms with E-state index in [0.717, 1.165) is 5.56 Å². The van der Waals surface area contributed by atoms with Gasteiger partial charge in [0.15, 0.2) is 17.3 Å². The SMILES string of the molecule is COc1cc(Br)c(C(=O)c2cc(C)cc(N)c2)cc1OC. The Morgan fingerprint density at radius 2 is 1.67 bits per heavy atom. The third-order valence-corrected chi connectivity index (χ3v) is 3.74. The van der Waals surface area contributed by atoms with Gasteiger partial charge in [-0.15, -0.1) is 0 Å². The van der Waals surface area contributed by atoms with Crippen molar-refractivity contribution in [3.05, 3.63) is 51.5 Å². The number of rotatable bonds is 4. The molecule has 2 aromatic carbocycles. The van der Waals surface area contributed by atoms with Crippen molar-refractivity contribution in [2.45, 2.75) is 6.92 Å². The van der Waals surface area contributed by atoms with Crippen molar-refractivity contribution < 1.29 is 14.3 Å². The fourth-order valence-electron chi connectivity index (χ4n) is 2.13. The lowest BCUT2D eigenvalue weighted by molar-refractivity contribution is 0.103. The number of anilines is 1. The van der Waals surface area contributed by atoms with E-state index in [2.05, 4.69) is 15.9 Å². The van der Waals surface area contributed by atoms with Gasteiger partial charge in [-0.3, -0.25) is 4.79 Å². The molecule has 0 unspecified atom stereocenters. The van der Waals surface area contributed by atoms with E-state index in [1.54, 1.807) is 25.3 Å². The van der Waals surface area contributed by atoms with Gasteiger partial charge in [0.25, 0.3) is 0 Å². The van der Waals surface area contributed by atoms with Crippen LogP contribution in [0.25, 0.3) is 0 Å². The fraction of sp³-hybridized carbons (Fsp3) is 0.188. The van der Waals surface area contributed by atoms with Crippen molar-refractivity contribution in [3.8, 4) is 11.5 Å². The highest BCUT2D eigenvalue weighted by molar-refractivity contribution is 9.10. The third kappa shape index (κ3) is 3.19. The van der Waals surface area contributed by atoms with E-state index in [1.807, 2.05) is 19.1 Å². The van der Waals surface area contributed by atoms with E-state index in [0.29, 0.717) is 32.8 Å². The molecule has 5 heteroatoms. The van der Waals surface area contributed by atoms with Gasteiger partial charge >= 0.3 is 0 Å². The molecule has 0 bridgehead atoms. The summed E-state index contributed by atoms with van der Waals surface area (Å²) < 4.78 is 11.1. The number of halogens is 1. The molecule has 0 atom stereocenters. The van der Waals surface area contributed by atoms with Gasteiger partial charge in [-0.1, -0.05) is 0 Å². The number of aryl methyl sites for hydroxylation is 1. The average Bonchev–Trinajstić information content (AvgIpc) is 2.45.